The van der Waals surface area contributed by atoms with Crippen molar-refractivity contribution in [3.63, 3.8) is 0 Å². The second-order valence-electron chi connectivity index (χ2n) is 6.03. The van der Waals surface area contributed by atoms with Crippen molar-refractivity contribution in [2.75, 3.05) is 31.6 Å². The highest BCUT2D eigenvalue weighted by atomic mass is 35.5. The van der Waals surface area contributed by atoms with Gasteiger partial charge in [0.25, 0.3) is 0 Å². The number of rotatable bonds is 10. The number of likely N-dealkylation sites (N-methyl/N-ethyl adjacent to an activating group) is 1. The topological polar surface area (TPSA) is 92.5 Å². The smallest absolute Gasteiger partial charge is 0.237 e. The first-order chi connectivity index (χ1) is 11.7. The average molecular weight is 426 g/mol. The molecule has 6 nitrogen and oxygen atoms in total. The molecule has 0 heterocycles. The molecule has 3 N–H and O–H groups in total. The van der Waals surface area contributed by atoms with Crippen molar-refractivity contribution in [1.29, 1.82) is 0 Å². The minimum Gasteiger partial charge on any atom is -0.353 e. The van der Waals surface area contributed by atoms with Gasteiger partial charge in [0.2, 0.25) is 5.91 Å². The van der Waals surface area contributed by atoms with Crippen LogP contribution in [0.1, 0.15) is 31.9 Å². The van der Waals surface area contributed by atoms with Crippen LogP contribution in [0.15, 0.2) is 24.3 Å². The summed E-state index contributed by atoms with van der Waals surface area (Å²) in [6, 6.07) is 6.63. The van der Waals surface area contributed by atoms with E-state index in [-0.39, 0.29) is 36.5 Å². The van der Waals surface area contributed by atoms with E-state index >= 15 is 0 Å². The number of halogens is 2. The van der Waals surface area contributed by atoms with E-state index in [1.54, 1.807) is 0 Å². The number of carbonyl (C=O) groups is 1. The SMILES string of the molecule is CCN(CC)C(CNC(=O)C(N)CCS(C)(=O)=O)c1ccccc1Cl.Cl. The van der Waals surface area contributed by atoms with Gasteiger partial charge in [0, 0.05) is 17.8 Å². The van der Waals surface area contributed by atoms with Crippen LogP contribution in [-0.4, -0.2) is 56.9 Å². The van der Waals surface area contributed by atoms with Crippen LogP contribution < -0.4 is 11.1 Å². The van der Waals surface area contributed by atoms with Gasteiger partial charge in [-0.05, 0) is 31.1 Å². The van der Waals surface area contributed by atoms with Gasteiger partial charge in [-0.25, -0.2) is 8.42 Å². The summed E-state index contributed by atoms with van der Waals surface area (Å²) in [5.41, 5.74) is 6.75. The summed E-state index contributed by atoms with van der Waals surface area (Å²) >= 11 is 6.32. The Bertz CT molecular complexity index is 667. The third kappa shape index (κ3) is 8.22. The predicted octanol–water partition coefficient (Wildman–Crippen LogP) is 2.02. The Labute approximate surface area is 167 Å². The molecule has 0 saturated heterocycles. The monoisotopic (exact) mass is 425 g/mol. The highest BCUT2D eigenvalue weighted by Crippen LogP contribution is 2.26. The van der Waals surface area contributed by atoms with Gasteiger partial charge in [0.1, 0.15) is 9.84 Å². The molecule has 0 saturated carbocycles. The summed E-state index contributed by atoms with van der Waals surface area (Å²) in [5.74, 6) is -0.459. The number of benzene rings is 1. The van der Waals surface area contributed by atoms with Crippen LogP contribution in [0.4, 0.5) is 0 Å². The Morgan fingerprint density at radius 3 is 2.35 bits per heavy atom. The first-order valence-corrected chi connectivity index (χ1v) is 10.8. The lowest BCUT2D eigenvalue weighted by molar-refractivity contribution is -0.122. The Morgan fingerprint density at radius 1 is 1.27 bits per heavy atom. The summed E-state index contributed by atoms with van der Waals surface area (Å²) < 4.78 is 22.4. The maximum absolute atomic E-state index is 12.2. The third-order valence-electron chi connectivity index (χ3n) is 4.12. The number of hydrogen-bond donors (Lipinski definition) is 2. The highest BCUT2D eigenvalue weighted by Gasteiger charge is 2.23. The maximum Gasteiger partial charge on any atom is 0.237 e. The third-order valence-corrected chi connectivity index (χ3v) is 5.44. The van der Waals surface area contributed by atoms with Gasteiger partial charge in [-0.3, -0.25) is 9.69 Å². The van der Waals surface area contributed by atoms with Gasteiger partial charge in [-0.15, -0.1) is 12.4 Å². The number of sulfone groups is 1. The molecular weight excluding hydrogens is 397 g/mol. The predicted molar refractivity (Wildman–Crippen MR) is 110 cm³/mol. The van der Waals surface area contributed by atoms with Gasteiger partial charge < -0.3 is 11.1 Å². The zero-order valence-corrected chi connectivity index (χ0v) is 17.8. The molecule has 0 radical (unpaired) electrons. The fraction of sp³-hybridized carbons (Fsp3) is 0.588. The van der Waals surface area contributed by atoms with Crippen LogP contribution in [0, 0.1) is 0 Å². The summed E-state index contributed by atoms with van der Waals surface area (Å²) in [7, 11) is -3.14. The second-order valence-corrected chi connectivity index (χ2v) is 8.70. The van der Waals surface area contributed by atoms with Gasteiger partial charge in [-0.2, -0.15) is 0 Å². The minimum atomic E-state index is -3.14. The van der Waals surface area contributed by atoms with Crippen molar-refractivity contribution < 1.29 is 13.2 Å². The molecular formula is C17H29Cl2N3O3S. The molecule has 0 spiro atoms. The Morgan fingerprint density at radius 2 is 1.85 bits per heavy atom. The number of nitrogens with two attached hydrogens (primary N) is 1. The van der Waals surface area contributed by atoms with E-state index < -0.39 is 15.9 Å². The summed E-state index contributed by atoms with van der Waals surface area (Å²) in [6.07, 6.45) is 1.23. The second kappa shape index (κ2) is 11.8. The molecule has 1 rings (SSSR count). The van der Waals surface area contributed by atoms with Crippen molar-refractivity contribution in [3.8, 4) is 0 Å². The van der Waals surface area contributed by atoms with Crippen molar-refractivity contribution in [2.24, 2.45) is 5.73 Å². The summed E-state index contributed by atoms with van der Waals surface area (Å²) in [5, 5.41) is 3.48. The van der Waals surface area contributed by atoms with E-state index in [1.807, 2.05) is 38.1 Å². The lowest BCUT2D eigenvalue weighted by atomic mass is 10.0. The van der Waals surface area contributed by atoms with Crippen LogP contribution in [0.2, 0.25) is 5.02 Å². The largest absolute Gasteiger partial charge is 0.353 e. The lowest BCUT2D eigenvalue weighted by Gasteiger charge is -2.31. The molecule has 2 atom stereocenters. The Hall–Kier alpha value is -0.860. The Kier molecular flexibility index (Phi) is 11.4. The number of nitrogens with zero attached hydrogens (tertiary/aromatic N) is 1. The highest BCUT2D eigenvalue weighted by molar-refractivity contribution is 7.90. The molecule has 0 bridgehead atoms. The first kappa shape index (κ1) is 25.1. The van der Waals surface area contributed by atoms with Gasteiger partial charge in [0.15, 0.2) is 0 Å². The number of amides is 1. The van der Waals surface area contributed by atoms with Crippen LogP contribution in [0.5, 0.6) is 0 Å². The van der Waals surface area contributed by atoms with Crippen molar-refractivity contribution in [3.05, 3.63) is 34.9 Å². The average Bonchev–Trinajstić information content (AvgIpc) is 2.56. The molecule has 0 fully saturated rings. The first-order valence-electron chi connectivity index (χ1n) is 8.39. The van der Waals surface area contributed by atoms with Crippen LogP contribution in [0.3, 0.4) is 0 Å². The molecule has 9 heteroatoms. The molecule has 0 aliphatic heterocycles. The van der Waals surface area contributed by atoms with E-state index in [1.165, 1.54) is 0 Å². The van der Waals surface area contributed by atoms with Crippen LogP contribution in [-0.2, 0) is 14.6 Å². The van der Waals surface area contributed by atoms with E-state index in [4.69, 9.17) is 17.3 Å². The molecule has 1 aromatic carbocycles. The van der Waals surface area contributed by atoms with E-state index in [0.717, 1.165) is 24.9 Å². The molecule has 150 valence electrons. The zero-order valence-electron chi connectivity index (χ0n) is 15.4. The van der Waals surface area contributed by atoms with Crippen molar-refractivity contribution in [1.82, 2.24) is 10.2 Å². The standard InChI is InChI=1S/C17H28ClN3O3S.ClH/c1-4-21(5-2)16(13-8-6-7-9-14(13)18)12-20-17(22)15(19)10-11-25(3,23)24;/h6-9,15-16H,4-5,10-12,19H2,1-3H3,(H,20,22);1H. The fourth-order valence-electron chi connectivity index (χ4n) is 2.65. The van der Waals surface area contributed by atoms with Gasteiger partial charge in [0.05, 0.1) is 17.8 Å². The fourth-order valence-corrected chi connectivity index (χ4v) is 3.59. The van der Waals surface area contributed by atoms with Crippen LogP contribution >= 0.6 is 24.0 Å². The molecule has 0 aliphatic rings. The summed E-state index contributed by atoms with van der Waals surface area (Å²) in [6.45, 7) is 6.07. The lowest BCUT2D eigenvalue weighted by Crippen LogP contribution is -2.45. The molecule has 0 aliphatic carbocycles. The van der Waals surface area contributed by atoms with Gasteiger partial charge >= 0.3 is 0 Å². The number of nitrogens with one attached hydrogen (secondary N) is 1. The quantitative estimate of drug-likeness (QED) is 0.597. The van der Waals surface area contributed by atoms with Crippen LogP contribution in [0.25, 0.3) is 0 Å². The Balaban J connectivity index is 0.00000625. The molecule has 2 unspecified atom stereocenters. The molecule has 1 aromatic rings. The minimum absolute atomic E-state index is 0. The van der Waals surface area contributed by atoms with Crippen molar-refractivity contribution >= 4 is 39.8 Å². The van der Waals surface area contributed by atoms with Crippen molar-refractivity contribution in [2.45, 2.75) is 32.4 Å². The number of hydrogen-bond acceptors (Lipinski definition) is 5. The summed E-state index contributed by atoms with van der Waals surface area (Å²) in [4.78, 5) is 14.4. The van der Waals surface area contributed by atoms with E-state index in [9.17, 15) is 13.2 Å². The molecule has 1 amide bonds. The maximum atomic E-state index is 12.2. The molecule has 26 heavy (non-hydrogen) atoms. The molecule has 0 aromatic heterocycles. The normalized spacial score (nSPS) is 13.8. The zero-order chi connectivity index (χ0) is 19.0. The van der Waals surface area contributed by atoms with E-state index in [0.29, 0.717) is 11.6 Å². The van der Waals surface area contributed by atoms with Gasteiger partial charge in [-0.1, -0.05) is 43.6 Å². The number of carbonyl (C=O) groups excluding carboxylic acids is 1. The van der Waals surface area contributed by atoms with E-state index in [2.05, 4.69) is 10.2 Å².